The molecule has 0 radical (unpaired) electrons. The van der Waals surface area contributed by atoms with Crippen LogP contribution < -0.4 is 15.5 Å². The highest BCUT2D eigenvalue weighted by molar-refractivity contribution is 6.32. The summed E-state index contributed by atoms with van der Waals surface area (Å²) in [4.78, 5) is 25.5. The van der Waals surface area contributed by atoms with E-state index in [4.69, 9.17) is 20.8 Å². The lowest BCUT2D eigenvalue weighted by atomic mass is 9.86. The van der Waals surface area contributed by atoms with E-state index in [1.165, 1.54) is 0 Å². The van der Waals surface area contributed by atoms with Crippen molar-refractivity contribution in [3.05, 3.63) is 62.8 Å². The summed E-state index contributed by atoms with van der Waals surface area (Å²) in [5.74, 6) is 0.308. The molecule has 32 heavy (non-hydrogen) atoms. The van der Waals surface area contributed by atoms with E-state index in [1.54, 1.807) is 12.1 Å². The molecule has 170 valence electrons. The van der Waals surface area contributed by atoms with Gasteiger partial charge in [0.1, 0.15) is 5.58 Å². The fourth-order valence-electron chi connectivity index (χ4n) is 3.25. The fraction of sp³-hybridized carbons (Fsp3) is 0.385. The highest BCUT2D eigenvalue weighted by atomic mass is 35.5. The molecule has 1 heterocycles. The molecule has 0 aliphatic rings. The highest BCUT2D eigenvalue weighted by Crippen LogP contribution is 2.34. The van der Waals surface area contributed by atoms with Gasteiger partial charge < -0.3 is 14.5 Å². The molecule has 3 aromatic rings. The van der Waals surface area contributed by atoms with Crippen molar-refractivity contribution in [2.75, 3.05) is 13.2 Å². The Labute approximate surface area is 193 Å². The van der Waals surface area contributed by atoms with Gasteiger partial charge in [-0.1, -0.05) is 70.5 Å². The molecular formula is C26H30ClNO4. The summed E-state index contributed by atoms with van der Waals surface area (Å²) in [5, 5.41) is 3.57. The summed E-state index contributed by atoms with van der Waals surface area (Å²) in [6.45, 7) is 12.5. The van der Waals surface area contributed by atoms with Crippen LogP contribution in [0.4, 0.5) is 0 Å². The second-order valence-corrected chi connectivity index (χ2v) is 9.91. The maximum atomic E-state index is 13.3. The van der Waals surface area contributed by atoms with Crippen molar-refractivity contribution in [3.8, 4) is 17.1 Å². The van der Waals surface area contributed by atoms with E-state index in [-0.39, 0.29) is 29.1 Å². The second-order valence-electron chi connectivity index (χ2n) is 9.50. The van der Waals surface area contributed by atoms with Crippen LogP contribution >= 0.6 is 11.6 Å². The van der Waals surface area contributed by atoms with Crippen LogP contribution in [0.2, 0.25) is 5.02 Å². The number of amides is 1. The molecule has 0 aliphatic carbocycles. The second kappa shape index (κ2) is 9.37. The highest BCUT2D eigenvalue weighted by Gasteiger charge is 2.21. The maximum Gasteiger partial charge on any atom is 0.257 e. The summed E-state index contributed by atoms with van der Waals surface area (Å²) in [5.41, 5.74) is 2.70. The number of hydrogen-bond acceptors (Lipinski definition) is 4. The lowest BCUT2D eigenvalue weighted by molar-refractivity contribution is -0.123. The monoisotopic (exact) mass is 455 g/mol. The lowest BCUT2D eigenvalue weighted by Crippen LogP contribution is -2.32. The first-order valence-electron chi connectivity index (χ1n) is 10.7. The Hall–Kier alpha value is -2.79. The van der Waals surface area contributed by atoms with E-state index in [0.717, 1.165) is 11.1 Å². The van der Waals surface area contributed by atoms with Crippen LogP contribution in [0.15, 0.2) is 45.6 Å². The van der Waals surface area contributed by atoms with Crippen molar-refractivity contribution in [1.29, 1.82) is 0 Å². The smallest absolute Gasteiger partial charge is 0.257 e. The first-order chi connectivity index (χ1) is 15.0. The quantitative estimate of drug-likeness (QED) is 0.504. The van der Waals surface area contributed by atoms with Crippen molar-refractivity contribution in [3.63, 3.8) is 0 Å². The molecule has 3 rings (SSSR count). The van der Waals surface area contributed by atoms with Gasteiger partial charge in [-0.2, -0.15) is 0 Å². The Morgan fingerprint density at radius 3 is 2.41 bits per heavy atom. The first kappa shape index (κ1) is 23.9. The number of ether oxygens (including phenoxy) is 1. The van der Waals surface area contributed by atoms with Crippen LogP contribution in [0, 0.1) is 12.8 Å². The summed E-state index contributed by atoms with van der Waals surface area (Å²) < 4.78 is 11.9. The van der Waals surface area contributed by atoms with Crippen LogP contribution in [0.1, 0.15) is 45.7 Å². The van der Waals surface area contributed by atoms with Crippen LogP contribution in [-0.2, 0) is 10.2 Å². The molecule has 5 nitrogen and oxygen atoms in total. The summed E-state index contributed by atoms with van der Waals surface area (Å²) in [6.07, 6.45) is 0. The molecule has 1 N–H and O–H groups in total. The van der Waals surface area contributed by atoms with Crippen LogP contribution in [-0.4, -0.2) is 19.1 Å². The average molecular weight is 456 g/mol. The molecular weight excluding hydrogens is 426 g/mol. The predicted octanol–water partition coefficient (Wildman–Crippen LogP) is 5.87. The zero-order valence-corrected chi connectivity index (χ0v) is 20.2. The first-order valence-corrected chi connectivity index (χ1v) is 11.1. The standard InChI is InChI=1S/C26H30ClNO4/c1-15(2)13-28-22(29)14-31-25-23(30)19-12-20(27)16(3)11-21(19)32-24(25)17-7-9-18(10-8-17)26(4,5)6/h7-12,15H,13-14H2,1-6H3,(H,28,29). The molecule has 2 aromatic carbocycles. The van der Waals surface area contributed by atoms with Crippen LogP contribution in [0.3, 0.4) is 0 Å². The Balaban J connectivity index is 2.08. The molecule has 0 spiro atoms. The van der Waals surface area contributed by atoms with E-state index in [9.17, 15) is 9.59 Å². The normalized spacial score (nSPS) is 11.8. The Kier molecular flexibility index (Phi) is 6.99. The van der Waals surface area contributed by atoms with E-state index >= 15 is 0 Å². The Morgan fingerprint density at radius 2 is 1.81 bits per heavy atom. The van der Waals surface area contributed by atoms with E-state index < -0.39 is 0 Å². The third-order valence-corrected chi connectivity index (χ3v) is 5.61. The average Bonchev–Trinajstić information content (AvgIpc) is 2.72. The Bertz CT molecular complexity index is 1190. The van der Waals surface area contributed by atoms with Gasteiger partial charge in [0.05, 0.1) is 5.39 Å². The van der Waals surface area contributed by atoms with Gasteiger partial charge in [-0.3, -0.25) is 9.59 Å². The molecule has 0 fully saturated rings. The number of halogens is 1. The molecule has 6 heteroatoms. The fourth-order valence-corrected chi connectivity index (χ4v) is 3.41. The van der Waals surface area contributed by atoms with Gasteiger partial charge in [0.25, 0.3) is 5.91 Å². The van der Waals surface area contributed by atoms with Gasteiger partial charge in [0.15, 0.2) is 12.4 Å². The number of benzene rings is 2. The molecule has 0 unspecified atom stereocenters. The molecule has 0 saturated carbocycles. The number of carbonyl (C=O) groups excluding carboxylic acids is 1. The van der Waals surface area contributed by atoms with Crippen molar-refractivity contribution >= 4 is 28.5 Å². The minimum absolute atomic E-state index is 0.000579. The largest absolute Gasteiger partial charge is 0.476 e. The van der Waals surface area contributed by atoms with Gasteiger partial charge >= 0.3 is 0 Å². The molecule has 1 amide bonds. The van der Waals surface area contributed by atoms with E-state index in [0.29, 0.717) is 39.8 Å². The third-order valence-electron chi connectivity index (χ3n) is 5.20. The summed E-state index contributed by atoms with van der Waals surface area (Å²) in [7, 11) is 0. The van der Waals surface area contributed by atoms with Gasteiger partial charge in [-0.25, -0.2) is 0 Å². The zero-order valence-electron chi connectivity index (χ0n) is 19.5. The predicted molar refractivity (Wildman–Crippen MR) is 130 cm³/mol. The number of hydrogen-bond donors (Lipinski definition) is 1. The van der Waals surface area contributed by atoms with Gasteiger partial charge in [-0.15, -0.1) is 0 Å². The maximum absolute atomic E-state index is 13.3. The van der Waals surface area contributed by atoms with Crippen LogP contribution in [0.25, 0.3) is 22.3 Å². The summed E-state index contributed by atoms with van der Waals surface area (Å²) in [6, 6.07) is 11.1. The third kappa shape index (κ3) is 5.33. The minimum atomic E-state index is -0.361. The van der Waals surface area contributed by atoms with Crippen LogP contribution in [0.5, 0.6) is 5.75 Å². The number of aryl methyl sites for hydroxylation is 1. The van der Waals surface area contributed by atoms with Crippen molar-refractivity contribution in [2.24, 2.45) is 5.92 Å². The van der Waals surface area contributed by atoms with Crippen molar-refractivity contribution in [1.82, 2.24) is 5.32 Å². The van der Waals surface area contributed by atoms with E-state index in [2.05, 4.69) is 26.1 Å². The number of fused-ring (bicyclic) bond motifs is 1. The zero-order chi connectivity index (χ0) is 23.6. The molecule has 1 aromatic heterocycles. The SMILES string of the molecule is Cc1cc2oc(-c3ccc(C(C)(C)C)cc3)c(OCC(=O)NCC(C)C)c(=O)c2cc1Cl. The minimum Gasteiger partial charge on any atom is -0.476 e. The molecule has 0 saturated heterocycles. The van der Waals surface area contributed by atoms with Crippen molar-refractivity contribution in [2.45, 2.75) is 47.0 Å². The molecule has 0 atom stereocenters. The van der Waals surface area contributed by atoms with E-state index in [1.807, 2.05) is 45.0 Å². The Morgan fingerprint density at radius 1 is 1.16 bits per heavy atom. The van der Waals surface area contributed by atoms with Gasteiger partial charge in [-0.05, 0) is 41.5 Å². The topological polar surface area (TPSA) is 68.5 Å². The molecule has 0 bridgehead atoms. The number of carbonyl (C=O) groups is 1. The van der Waals surface area contributed by atoms with Gasteiger partial charge in [0, 0.05) is 17.1 Å². The lowest BCUT2D eigenvalue weighted by Gasteiger charge is -2.19. The molecule has 0 aliphatic heterocycles. The van der Waals surface area contributed by atoms with Gasteiger partial charge in [0.2, 0.25) is 11.2 Å². The number of rotatable bonds is 6. The van der Waals surface area contributed by atoms with Crippen molar-refractivity contribution < 1.29 is 13.9 Å². The summed E-state index contributed by atoms with van der Waals surface area (Å²) >= 11 is 6.24. The number of nitrogens with one attached hydrogen (secondary N) is 1.